The Bertz CT molecular complexity index is 1160. The Labute approximate surface area is 183 Å². The SMILES string of the molecule is CC(=O)N(c1ccc(F)cc1)C1CC(C)N(C(=O)c2ccc(F)cc2)c2ccc(F)cc21. The second-order valence-corrected chi connectivity index (χ2v) is 7.85. The van der Waals surface area contributed by atoms with Crippen molar-refractivity contribution in [2.75, 3.05) is 9.80 Å². The third-order valence-electron chi connectivity index (χ3n) is 5.68. The maximum atomic E-state index is 14.3. The smallest absolute Gasteiger partial charge is 0.258 e. The van der Waals surface area contributed by atoms with E-state index in [1.807, 2.05) is 6.92 Å². The number of amides is 2. The van der Waals surface area contributed by atoms with Gasteiger partial charge in [0.25, 0.3) is 5.91 Å². The molecular weight excluding hydrogens is 417 g/mol. The van der Waals surface area contributed by atoms with Crippen molar-refractivity contribution in [2.24, 2.45) is 0 Å². The van der Waals surface area contributed by atoms with Crippen LogP contribution in [0.25, 0.3) is 0 Å². The van der Waals surface area contributed by atoms with Gasteiger partial charge in [0.1, 0.15) is 17.5 Å². The van der Waals surface area contributed by atoms with E-state index >= 15 is 0 Å². The van der Waals surface area contributed by atoms with Crippen LogP contribution in [0.5, 0.6) is 0 Å². The standard InChI is InChI=1S/C25H21F3N2O2/c1-15-13-24(30(16(2)31)21-10-7-19(27)8-11-21)22-14-20(28)9-12-23(22)29(15)25(32)17-3-5-18(26)6-4-17/h3-12,14-15,24H,13H2,1-2H3. The van der Waals surface area contributed by atoms with Crippen LogP contribution in [0.1, 0.15) is 42.2 Å². The Kier molecular flexibility index (Phi) is 5.74. The topological polar surface area (TPSA) is 40.6 Å². The van der Waals surface area contributed by atoms with Crippen molar-refractivity contribution in [3.63, 3.8) is 0 Å². The summed E-state index contributed by atoms with van der Waals surface area (Å²) in [5.74, 6) is -2.02. The fraction of sp³-hybridized carbons (Fsp3) is 0.200. The minimum absolute atomic E-state index is 0.290. The molecule has 3 aromatic rings. The number of fused-ring (bicyclic) bond motifs is 1. The first kappa shape index (κ1) is 21.6. The molecule has 4 nitrogen and oxygen atoms in total. The largest absolute Gasteiger partial charge is 0.305 e. The molecule has 0 N–H and O–H groups in total. The summed E-state index contributed by atoms with van der Waals surface area (Å²) in [5, 5.41) is 0. The van der Waals surface area contributed by atoms with Crippen LogP contribution in [0.15, 0.2) is 66.7 Å². The van der Waals surface area contributed by atoms with Gasteiger partial charge in [-0.15, -0.1) is 0 Å². The summed E-state index contributed by atoms with van der Waals surface area (Å²) in [7, 11) is 0. The minimum atomic E-state index is -0.559. The molecule has 0 aliphatic carbocycles. The van der Waals surface area contributed by atoms with Crippen molar-refractivity contribution in [1.82, 2.24) is 0 Å². The number of carbonyl (C=O) groups is 2. The summed E-state index contributed by atoms with van der Waals surface area (Å²) in [6.45, 7) is 3.23. The summed E-state index contributed by atoms with van der Waals surface area (Å²) < 4.78 is 41.1. The van der Waals surface area contributed by atoms with E-state index in [9.17, 15) is 22.8 Å². The number of hydrogen-bond acceptors (Lipinski definition) is 2. The van der Waals surface area contributed by atoms with Gasteiger partial charge in [-0.25, -0.2) is 13.2 Å². The first-order valence-corrected chi connectivity index (χ1v) is 10.2. The van der Waals surface area contributed by atoms with Crippen LogP contribution in [-0.4, -0.2) is 17.9 Å². The molecule has 1 aliphatic rings. The summed E-state index contributed by atoms with van der Waals surface area (Å²) in [6, 6.07) is 13.9. The lowest BCUT2D eigenvalue weighted by atomic mass is 9.89. The van der Waals surface area contributed by atoms with Crippen LogP contribution in [0.3, 0.4) is 0 Å². The molecule has 2 unspecified atom stereocenters. The Balaban J connectivity index is 1.81. The van der Waals surface area contributed by atoms with E-state index in [1.54, 1.807) is 4.90 Å². The Hall–Kier alpha value is -3.61. The van der Waals surface area contributed by atoms with Crippen molar-refractivity contribution < 1.29 is 22.8 Å². The highest BCUT2D eigenvalue weighted by Crippen LogP contribution is 2.43. The van der Waals surface area contributed by atoms with Gasteiger partial charge >= 0.3 is 0 Å². The normalized spacial score (nSPS) is 17.6. The highest BCUT2D eigenvalue weighted by atomic mass is 19.1. The van der Waals surface area contributed by atoms with E-state index in [2.05, 4.69) is 0 Å². The van der Waals surface area contributed by atoms with Crippen LogP contribution in [0.4, 0.5) is 24.5 Å². The number of halogens is 3. The lowest BCUT2D eigenvalue weighted by molar-refractivity contribution is -0.117. The molecule has 1 aliphatic heterocycles. The first-order chi connectivity index (χ1) is 15.3. The lowest BCUT2D eigenvalue weighted by Gasteiger charge is -2.43. The van der Waals surface area contributed by atoms with Crippen LogP contribution in [0, 0.1) is 17.5 Å². The van der Waals surface area contributed by atoms with E-state index < -0.39 is 23.5 Å². The van der Waals surface area contributed by atoms with Gasteiger partial charge in [-0.2, -0.15) is 0 Å². The molecule has 0 fully saturated rings. The van der Waals surface area contributed by atoms with E-state index in [0.717, 1.165) is 0 Å². The average Bonchev–Trinajstić information content (AvgIpc) is 2.75. The highest BCUT2D eigenvalue weighted by molar-refractivity contribution is 6.07. The highest BCUT2D eigenvalue weighted by Gasteiger charge is 2.38. The number of benzene rings is 3. The van der Waals surface area contributed by atoms with E-state index in [-0.39, 0.29) is 17.9 Å². The lowest BCUT2D eigenvalue weighted by Crippen LogP contribution is -2.47. The predicted octanol–water partition coefficient (Wildman–Crippen LogP) is 5.64. The van der Waals surface area contributed by atoms with Crippen LogP contribution < -0.4 is 9.80 Å². The molecule has 2 amide bonds. The van der Waals surface area contributed by atoms with Crippen molar-refractivity contribution in [1.29, 1.82) is 0 Å². The van der Waals surface area contributed by atoms with Gasteiger partial charge in [0.2, 0.25) is 5.91 Å². The van der Waals surface area contributed by atoms with Crippen LogP contribution in [-0.2, 0) is 4.79 Å². The molecule has 0 bridgehead atoms. The van der Waals surface area contributed by atoms with Gasteiger partial charge in [0, 0.05) is 35.5 Å². The zero-order chi connectivity index (χ0) is 23.0. The number of nitrogens with zero attached hydrogens (tertiary/aromatic N) is 2. The monoisotopic (exact) mass is 438 g/mol. The van der Waals surface area contributed by atoms with Gasteiger partial charge in [0.15, 0.2) is 0 Å². The van der Waals surface area contributed by atoms with E-state index in [0.29, 0.717) is 28.9 Å². The number of hydrogen-bond donors (Lipinski definition) is 0. The molecule has 1 heterocycles. The molecular formula is C25H21F3N2O2. The average molecular weight is 438 g/mol. The molecule has 2 atom stereocenters. The maximum absolute atomic E-state index is 14.3. The van der Waals surface area contributed by atoms with Gasteiger partial charge in [-0.3, -0.25) is 9.59 Å². The molecule has 0 radical (unpaired) electrons. The summed E-state index contributed by atoms with van der Waals surface area (Å²) in [4.78, 5) is 28.9. The minimum Gasteiger partial charge on any atom is -0.305 e. The molecule has 0 spiro atoms. The fourth-order valence-electron chi connectivity index (χ4n) is 4.27. The van der Waals surface area contributed by atoms with Gasteiger partial charge in [0.05, 0.1) is 6.04 Å². The van der Waals surface area contributed by atoms with Gasteiger partial charge < -0.3 is 9.80 Å². The van der Waals surface area contributed by atoms with Crippen molar-refractivity contribution in [3.05, 3.63) is 95.3 Å². The number of carbonyl (C=O) groups excluding carboxylic acids is 2. The molecule has 0 saturated heterocycles. The second-order valence-electron chi connectivity index (χ2n) is 7.85. The summed E-state index contributed by atoms with van der Waals surface area (Å²) in [6.07, 6.45) is 0.334. The molecule has 0 saturated carbocycles. The van der Waals surface area contributed by atoms with E-state index in [4.69, 9.17) is 0 Å². The zero-order valence-electron chi connectivity index (χ0n) is 17.6. The molecule has 7 heteroatoms. The molecule has 4 rings (SSSR count). The van der Waals surface area contributed by atoms with Gasteiger partial charge in [-0.1, -0.05) is 0 Å². The molecule has 32 heavy (non-hydrogen) atoms. The Morgan fingerprint density at radius 3 is 2.03 bits per heavy atom. The summed E-state index contributed by atoms with van der Waals surface area (Å²) in [5.41, 5.74) is 1.72. The zero-order valence-corrected chi connectivity index (χ0v) is 17.6. The first-order valence-electron chi connectivity index (χ1n) is 10.2. The van der Waals surface area contributed by atoms with Crippen LogP contribution >= 0.6 is 0 Å². The molecule has 164 valence electrons. The van der Waals surface area contributed by atoms with Crippen molar-refractivity contribution in [3.8, 4) is 0 Å². The van der Waals surface area contributed by atoms with Crippen molar-refractivity contribution in [2.45, 2.75) is 32.4 Å². The fourth-order valence-corrected chi connectivity index (χ4v) is 4.27. The van der Waals surface area contributed by atoms with Crippen molar-refractivity contribution >= 4 is 23.2 Å². The van der Waals surface area contributed by atoms with Crippen LogP contribution in [0.2, 0.25) is 0 Å². The summed E-state index contributed by atoms with van der Waals surface area (Å²) >= 11 is 0. The predicted molar refractivity (Wildman–Crippen MR) is 116 cm³/mol. The molecule has 0 aromatic heterocycles. The molecule has 3 aromatic carbocycles. The Morgan fingerprint density at radius 1 is 0.875 bits per heavy atom. The Morgan fingerprint density at radius 2 is 1.44 bits per heavy atom. The maximum Gasteiger partial charge on any atom is 0.258 e. The van der Waals surface area contributed by atoms with E-state index in [1.165, 1.54) is 78.6 Å². The number of anilines is 2. The quantitative estimate of drug-likeness (QED) is 0.531. The third kappa shape index (κ3) is 3.98. The third-order valence-corrected chi connectivity index (χ3v) is 5.68. The van der Waals surface area contributed by atoms with Gasteiger partial charge in [-0.05, 0) is 80.1 Å². The second kappa shape index (κ2) is 8.49. The number of rotatable bonds is 3.